The summed E-state index contributed by atoms with van der Waals surface area (Å²) >= 11 is 0. The Morgan fingerprint density at radius 3 is 1.66 bits per heavy atom. The van der Waals surface area contributed by atoms with Gasteiger partial charge in [0.2, 0.25) is 0 Å². The van der Waals surface area contributed by atoms with Crippen molar-refractivity contribution in [2.45, 2.75) is 0 Å². The summed E-state index contributed by atoms with van der Waals surface area (Å²) in [6.07, 6.45) is 0. The third kappa shape index (κ3) is 3.22. The number of aromatic nitrogens is 2. The van der Waals surface area contributed by atoms with Crippen LogP contribution in [-0.2, 0) is 0 Å². The van der Waals surface area contributed by atoms with E-state index in [9.17, 15) is 0 Å². The van der Waals surface area contributed by atoms with Gasteiger partial charge >= 0.3 is 0 Å². The van der Waals surface area contributed by atoms with Crippen molar-refractivity contribution in [1.29, 1.82) is 0 Å². The number of rotatable bonds is 2. The van der Waals surface area contributed by atoms with Crippen LogP contribution in [0.5, 0.6) is 0 Å². The number of hydrogen-bond donors (Lipinski definition) is 0. The molecule has 7 aromatic carbocycles. The first-order valence-electron chi connectivity index (χ1n) is 14.8. The minimum absolute atomic E-state index is 0.604. The van der Waals surface area contributed by atoms with Gasteiger partial charge in [-0.25, -0.2) is 9.97 Å². The molecule has 10 rings (SSSR count). The second-order valence-corrected chi connectivity index (χ2v) is 11.3. The maximum atomic E-state index is 6.49. The maximum absolute atomic E-state index is 6.49. The molecule has 0 saturated carbocycles. The number of para-hydroxylation sites is 3. The van der Waals surface area contributed by atoms with E-state index in [2.05, 4.69) is 84.9 Å². The van der Waals surface area contributed by atoms with Crippen LogP contribution >= 0.6 is 0 Å². The normalized spacial score (nSPS) is 12.1. The smallest absolute Gasteiger partial charge is 0.180 e. The first kappa shape index (κ1) is 23.6. The molecule has 3 heterocycles. The Bertz CT molecular complexity index is 2750. The first-order valence-corrected chi connectivity index (χ1v) is 14.8. The molecule has 0 fully saturated rings. The molecule has 0 bridgehead atoms. The lowest BCUT2D eigenvalue weighted by Crippen LogP contribution is -1.94. The minimum Gasteiger partial charge on any atom is -0.455 e. The monoisotopic (exact) mass is 562 g/mol. The molecule has 0 spiro atoms. The zero-order chi connectivity index (χ0) is 28.8. The van der Waals surface area contributed by atoms with E-state index in [0.29, 0.717) is 11.4 Å². The quantitative estimate of drug-likeness (QED) is 0.197. The summed E-state index contributed by atoms with van der Waals surface area (Å²) in [5, 5.41) is 10.4. The maximum Gasteiger partial charge on any atom is 0.180 e. The number of nitrogens with zero attached hydrogens (tertiary/aromatic N) is 2. The van der Waals surface area contributed by atoms with Crippen molar-refractivity contribution >= 4 is 76.3 Å². The van der Waals surface area contributed by atoms with Gasteiger partial charge in [0.05, 0.1) is 5.56 Å². The zero-order valence-electron chi connectivity index (χ0n) is 23.4. The van der Waals surface area contributed by atoms with Crippen molar-refractivity contribution in [3.63, 3.8) is 0 Å². The van der Waals surface area contributed by atoms with Crippen molar-refractivity contribution in [2.75, 3.05) is 0 Å². The van der Waals surface area contributed by atoms with E-state index in [1.54, 1.807) is 0 Å². The minimum atomic E-state index is 0.604. The Balaban J connectivity index is 1.31. The van der Waals surface area contributed by atoms with Crippen LogP contribution in [-0.4, -0.2) is 9.97 Å². The molecule has 0 aliphatic heterocycles. The predicted molar refractivity (Wildman–Crippen MR) is 180 cm³/mol. The van der Waals surface area contributed by atoms with Crippen LogP contribution < -0.4 is 0 Å². The highest BCUT2D eigenvalue weighted by molar-refractivity contribution is 6.26. The molecule has 4 heteroatoms. The molecule has 44 heavy (non-hydrogen) atoms. The molecule has 4 nitrogen and oxygen atoms in total. The first-order chi connectivity index (χ1) is 21.8. The Morgan fingerprint density at radius 2 is 0.932 bits per heavy atom. The SMILES string of the molecule is c1ccc2c(c1)oc1c(-c3nc(-c4ccc5c6ccccc6c6ccccc6c5c4)c4oc5ccccc5c4n3)cccc12. The number of benzene rings is 7. The molecule has 0 atom stereocenters. The molecule has 0 radical (unpaired) electrons. The van der Waals surface area contributed by atoms with Crippen molar-refractivity contribution < 1.29 is 8.83 Å². The van der Waals surface area contributed by atoms with Gasteiger partial charge in [0.15, 0.2) is 11.4 Å². The highest BCUT2D eigenvalue weighted by Gasteiger charge is 2.21. The van der Waals surface area contributed by atoms with Crippen molar-refractivity contribution in [2.24, 2.45) is 0 Å². The summed E-state index contributed by atoms with van der Waals surface area (Å²) in [6.45, 7) is 0. The molecule has 204 valence electrons. The fourth-order valence-electron chi connectivity index (χ4n) is 6.89. The Kier molecular flexibility index (Phi) is 4.69. The number of fused-ring (bicyclic) bond motifs is 12. The summed E-state index contributed by atoms with van der Waals surface area (Å²) in [5.74, 6) is 0.604. The summed E-state index contributed by atoms with van der Waals surface area (Å²) in [7, 11) is 0. The van der Waals surface area contributed by atoms with Gasteiger partial charge in [0, 0.05) is 21.7 Å². The molecule has 10 aromatic rings. The predicted octanol–water partition coefficient (Wildman–Crippen LogP) is 11.1. The summed E-state index contributed by atoms with van der Waals surface area (Å²) in [5.41, 5.74) is 6.46. The van der Waals surface area contributed by atoms with E-state index < -0.39 is 0 Å². The van der Waals surface area contributed by atoms with Gasteiger partial charge in [-0.1, -0.05) is 103 Å². The van der Waals surface area contributed by atoms with E-state index in [-0.39, 0.29) is 0 Å². The Hall–Kier alpha value is -6.00. The second-order valence-electron chi connectivity index (χ2n) is 11.3. The van der Waals surface area contributed by atoms with E-state index in [1.165, 1.54) is 32.3 Å². The lowest BCUT2D eigenvalue weighted by Gasteiger charge is -2.12. The van der Waals surface area contributed by atoms with Gasteiger partial charge in [-0.2, -0.15) is 0 Å². The molecule has 0 aliphatic rings. The molecule has 0 unspecified atom stereocenters. The molecule has 0 aliphatic carbocycles. The lowest BCUT2D eigenvalue weighted by molar-refractivity contribution is 0.666. The van der Waals surface area contributed by atoms with Gasteiger partial charge in [0.1, 0.15) is 28.0 Å². The summed E-state index contributed by atoms with van der Waals surface area (Å²) in [4.78, 5) is 10.4. The van der Waals surface area contributed by atoms with Crippen LogP contribution in [0, 0.1) is 0 Å². The van der Waals surface area contributed by atoms with Crippen LogP contribution in [0.25, 0.3) is 99.0 Å². The van der Waals surface area contributed by atoms with Gasteiger partial charge < -0.3 is 8.83 Å². The Morgan fingerprint density at radius 1 is 0.386 bits per heavy atom. The zero-order valence-corrected chi connectivity index (χ0v) is 23.4. The largest absolute Gasteiger partial charge is 0.455 e. The molecular formula is C40H22N2O2. The third-order valence-electron chi connectivity index (χ3n) is 8.88. The van der Waals surface area contributed by atoms with Crippen molar-refractivity contribution in [3.8, 4) is 22.6 Å². The average Bonchev–Trinajstić information content (AvgIpc) is 3.66. The van der Waals surface area contributed by atoms with Crippen LogP contribution in [0.4, 0.5) is 0 Å². The van der Waals surface area contributed by atoms with Gasteiger partial charge in [-0.05, 0) is 62.6 Å². The molecule has 0 amide bonds. The highest BCUT2D eigenvalue weighted by atomic mass is 16.3. The highest BCUT2D eigenvalue weighted by Crippen LogP contribution is 2.41. The molecule has 0 N–H and O–H groups in total. The van der Waals surface area contributed by atoms with E-state index >= 15 is 0 Å². The van der Waals surface area contributed by atoms with Crippen LogP contribution in [0.3, 0.4) is 0 Å². The third-order valence-corrected chi connectivity index (χ3v) is 8.88. The van der Waals surface area contributed by atoms with Crippen LogP contribution in [0.2, 0.25) is 0 Å². The number of furan rings is 2. The van der Waals surface area contributed by atoms with Crippen LogP contribution in [0.1, 0.15) is 0 Å². The fourth-order valence-corrected chi connectivity index (χ4v) is 6.89. The summed E-state index contributed by atoms with van der Waals surface area (Å²) < 4.78 is 12.9. The van der Waals surface area contributed by atoms with E-state index in [4.69, 9.17) is 18.8 Å². The van der Waals surface area contributed by atoms with Crippen molar-refractivity contribution in [1.82, 2.24) is 9.97 Å². The number of hydrogen-bond acceptors (Lipinski definition) is 4. The molecule has 3 aromatic heterocycles. The van der Waals surface area contributed by atoms with E-state index in [1.807, 2.05) is 48.5 Å². The van der Waals surface area contributed by atoms with Crippen LogP contribution in [0.15, 0.2) is 142 Å². The van der Waals surface area contributed by atoms with Gasteiger partial charge in [-0.3, -0.25) is 0 Å². The average molecular weight is 563 g/mol. The molecular weight excluding hydrogens is 540 g/mol. The lowest BCUT2D eigenvalue weighted by atomic mass is 9.93. The topological polar surface area (TPSA) is 52.1 Å². The van der Waals surface area contributed by atoms with Gasteiger partial charge in [0.25, 0.3) is 0 Å². The molecule has 0 saturated heterocycles. The van der Waals surface area contributed by atoms with Crippen molar-refractivity contribution in [3.05, 3.63) is 133 Å². The second kappa shape index (κ2) is 8.76. The van der Waals surface area contributed by atoms with Gasteiger partial charge in [-0.15, -0.1) is 0 Å². The standard InChI is InChI=1S/C40H22N2O2/c1-2-12-26-24(10-1)25-11-3-4-13-27(25)33-22-23(20-21-28(26)33)36-39-37(31-15-6-8-19-35(31)44-39)42-40(41-36)32-17-9-16-30-29-14-5-7-18-34(29)43-38(30)32/h1-22H. The Labute approximate surface area is 250 Å². The summed E-state index contributed by atoms with van der Waals surface area (Å²) in [6, 6.07) is 46.2. The fraction of sp³-hybridized carbons (Fsp3) is 0. The van der Waals surface area contributed by atoms with E-state index in [0.717, 1.165) is 55.2 Å².